The molecule has 3 rings (SSSR count). The van der Waals surface area contributed by atoms with Crippen molar-refractivity contribution in [3.05, 3.63) is 59.5 Å². The van der Waals surface area contributed by atoms with Crippen LogP contribution < -0.4 is 15.4 Å². The Bertz CT molecular complexity index is 851. The Hall–Kier alpha value is -3.00. The van der Waals surface area contributed by atoms with Crippen LogP contribution in [0.15, 0.2) is 48.0 Å². The van der Waals surface area contributed by atoms with Crippen molar-refractivity contribution in [3.8, 4) is 5.88 Å². The first-order valence-corrected chi connectivity index (χ1v) is 7.87. The van der Waals surface area contributed by atoms with Gasteiger partial charge in [-0.1, -0.05) is 6.07 Å². The van der Waals surface area contributed by atoms with Crippen LogP contribution in [0.25, 0.3) is 0 Å². The molecule has 0 aliphatic rings. The van der Waals surface area contributed by atoms with E-state index in [2.05, 4.69) is 20.6 Å². The van der Waals surface area contributed by atoms with E-state index in [1.807, 2.05) is 13.0 Å². The van der Waals surface area contributed by atoms with E-state index in [0.717, 1.165) is 5.69 Å². The van der Waals surface area contributed by atoms with Gasteiger partial charge in [-0.2, -0.15) is 0 Å². The molecule has 1 amide bonds. The molecule has 2 N–H and O–H groups in total. The van der Waals surface area contributed by atoms with Crippen LogP contribution in [0.1, 0.15) is 5.69 Å². The molecule has 0 saturated carbocycles. The highest BCUT2D eigenvalue weighted by Crippen LogP contribution is 2.31. The Kier molecular flexibility index (Phi) is 4.66. The van der Waals surface area contributed by atoms with Crippen LogP contribution in [0, 0.1) is 12.7 Å². The van der Waals surface area contributed by atoms with Gasteiger partial charge in [-0.15, -0.1) is 11.3 Å². The van der Waals surface area contributed by atoms with Gasteiger partial charge in [0.05, 0.1) is 5.51 Å². The second-order valence-corrected chi connectivity index (χ2v) is 5.65. The number of carbonyl (C=O) groups excluding carboxylic acids is 1. The van der Waals surface area contributed by atoms with E-state index in [4.69, 9.17) is 4.74 Å². The van der Waals surface area contributed by atoms with Crippen LogP contribution >= 0.6 is 11.3 Å². The van der Waals surface area contributed by atoms with Gasteiger partial charge in [-0.25, -0.2) is 19.2 Å². The summed E-state index contributed by atoms with van der Waals surface area (Å²) in [4.78, 5) is 20.1. The number of ether oxygens (including phenoxy) is 1. The normalized spacial score (nSPS) is 10.2. The SMILES string of the molecule is Cc1cccc(NC(=O)Oc2ncsc2Nc2ccc(F)cc2)n1. The second-order valence-electron chi connectivity index (χ2n) is 4.80. The molecular weight excluding hydrogens is 331 g/mol. The molecule has 3 aromatic rings. The van der Waals surface area contributed by atoms with E-state index in [1.54, 1.807) is 29.8 Å². The zero-order valence-electron chi connectivity index (χ0n) is 12.6. The molecule has 0 bridgehead atoms. The van der Waals surface area contributed by atoms with Crippen molar-refractivity contribution in [1.82, 2.24) is 9.97 Å². The molecule has 0 radical (unpaired) electrons. The Morgan fingerprint density at radius 3 is 2.75 bits per heavy atom. The number of hydrogen-bond donors (Lipinski definition) is 2. The van der Waals surface area contributed by atoms with E-state index >= 15 is 0 Å². The van der Waals surface area contributed by atoms with Crippen molar-refractivity contribution in [2.45, 2.75) is 6.92 Å². The first-order chi connectivity index (χ1) is 11.6. The third-order valence-corrected chi connectivity index (χ3v) is 3.67. The van der Waals surface area contributed by atoms with Gasteiger partial charge in [0.1, 0.15) is 11.6 Å². The fourth-order valence-corrected chi connectivity index (χ4v) is 2.51. The van der Waals surface area contributed by atoms with Gasteiger partial charge in [-0.05, 0) is 43.3 Å². The molecule has 0 spiro atoms. The van der Waals surface area contributed by atoms with Crippen molar-refractivity contribution >= 4 is 33.9 Å². The molecule has 0 saturated heterocycles. The minimum absolute atomic E-state index is 0.134. The number of hydrogen-bond acceptors (Lipinski definition) is 6. The summed E-state index contributed by atoms with van der Waals surface area (Å²) < 4.78 is 18.1. The van der Waals surface area contributed by atoms with Gasteiger partial charge in [0.15, 0.2) is 5.00 Å². The molecule has 0 aliphatic heterocycles. The highest BCUT2D eigenvalue weighted by atomic mass is 32.1. The molecule has 8 heteroatoms. The first-order valence-electron chi connectivity index (χ1n) is 6.99. The van der Waals surface area contributed by atoms with Gasteiger partial charge in [0.25, 0.3) is 5.88 Å². The molecule has 0 aliphatic carbocycles. The Balaban J connectivity index is 1.66. The maximum Gasteiger partial charge on any atom is 0.419 e. The van der Waals surface area contributed by atoms with Crippen LogP contribution in [-0.2, 0) is 0 Å². The van der Waals surface area contributed by atoms with Crippen LogP contribution in [0.4, 0.5) is 25.7 Å². The molecule has 0 atom stereocenters. The minimum Gasteiger partial charge on any atom is -0.388 e. The Labute approximate surface area is 141 Å². The summed E-state index contributed by atoms with van der Waals surface area (Å²) in [6, 6.07) is 11.1. The summed E-state index contributed by atoms with van der Waals surface area (Å²) >= 11 is 1.26. The average molecular weight is 344 g/mol. The monoisotopic (exact) mass is 344 g/mol. The highest BCUT2D eigenvalue weighted by Gasteiger charge is 2.13. The number of amides is 1. The van der Waals surface area contributed by atoms with Gasteiger partial charge < -0.3 is 10.1 Å². The van der Waals surface area contributed by atoms with Crippen molar-refractivity contribution in [2.24, 2.45) is 0 Å². The van der Waals surface area contributed by atoms with Crippen molar-refractivity contribution in [2.75, 3.05) is 10.6 Å². The lowest BCUT2D eigenvalue weighted by molar-refractivity contribution is 0.214. The number of aromatic nitrogens is 2. The number of aryl methyl sites for hydroxylation is 1. The molecule has 24 heavy (non-hydrogen) atoms. The van der Waals surface area contributed by atoms with Gasteiger partial charge in [-0.3, -0.25) is 5.32 Å². The Morgan fingerprint density at radius 2 is 2.00 bits per heavy atom. The van der Waals surface area contributed by atoms with Crippen LogP contribution in [0.2, 0.25) is 0 Å². The van der Waals surface area contributed by atoms with E-state index in [0.29, 0.717) is 16.5 Å². The number of rotatable bonds is 4. The summed E-state index contributed by atoms with van der Waals surface area (Å²) in [5.74, 6) is 0.198. The van der Waals surface area contributed by atoms with Gasteiger partial charge >= 0.3 is 6.09 Å². The molecule has 0 fully saturated rings. The number of benzene rings is 1. The lowest BCUT2D eigenvalue weighted by Crippen LogP contribution is -2.18. The summed E-state index contributed by atoms with van der Waals surface area (Å²) in [5.41, 5.74) is 2.98. The highest BCUT2D eigenvalue weighted by molar-refractivity contribution is 7.14. The summed E-state index contributed by atoms with van der Waals surface area (Å²) in [6.45, 7) is 1.82. The second kappa shape index (κ2) is 7.05. The third kappa shape index (κ3) is 4.05. The summed E-state index contributed by atoms with van der Waals surface area (Å²) in [5, 5.41) is 6.10. The standard InChI is InChI=1S/C16H13FN4O2S/c1-10-3-2-4-13(19-10)21-16(22)23-14-15(24-9-18-14)20-12-7-5-11(17)6-8-12/h2-9,20H,1H3,(H,19,21,22). The maximum absolute atomic E-state index is 12.9. The smallest absolute Gasteiger partial charge is 0.388 e. The fourth-order valence-electron chi connectivity index (χ4n) is 1.89. The topological polar surface area (TPSA) is 76.1 Å². The average Bonchev–Trinajstić information content (AvgIpc) is 2.96. The fraction of sp³-hybridized carbons (Fsp3) is 0.0625. The molecular formula is C16H13FN4O2S. The number of pyridine rings is 1. The Morgan fingerprint density at radius 1 is 1.21 bits per heavy atom. The predicted molar refractivity (Wildman–Crippen MR) is 90.4 cm³/mol. The molecule has 1 aromatic carbocycles. The number of anilines is 3. The molecule has 0 unspecified atom stereocenters. The lowest BCUT2D eigenvalue weighted by Gasteiger charge is -2.08. The first kappa shape index (κ1) is 15.9. The zero-order valence-corrected chi connectivity index (χ0v) is 13.4. The van der Waals surface area contributed by atoms with E-state index in [-0.39, 0.29) is 11.7 Å². The van der Waals surface area contributed by atoms with Crippen molar-refractivity contribution < 1.29 is 13.9 Å². The zero-order chi connectivity index (χ0) is 16.9. The molecule has 6 nitrogen and oxygen atoms in total. The van der Waals surface area contributed by atoms with Crippen LogP contribution in [0.3, 0.4) is 0 Å². The minimum atomic E-state index is -0.693. The molecule has 2 heterocycles. The summed E-state index contributed by atoms with van der Waals surface area (Å²) in [7, 11) is 0. The van der Waals surface area contributed by atoms with Crippen molar-refractivity contribution in [1.29, 1.82) is 0 Å². The predicted octanol–water partition coefficient (Wildman–Crippen LogP) is 4.34. The number of nitrogens with one attached hydrogen (secondary N) is 2. The van der Waals surface area contributed by atoms with E-state index < -0.39 is 6.09 Å². The quantitative estimate of drug-likeness (QED) is 0.736. The largest absolute Gasteiger partial charge is 0.419 e. The number of carbonyl (C=O) groups is 1. The van der Waals surface area contributed by atoms with E-state index in [1.165, 1.54) is 23.5 Å². The maximum atomic E-state index is 12.9. The van der Waals surface area contributed by atoms with Crippen molar-refractivity contribution in [3.63, 3.8) is 0 Å². The van der Waals surface area contributed by atoms with Gasteiger partial charge in [0.2, 0.25) is 0 Å². The van der Waals surface area contributed by atoms with E-state index in [9.17, 15) is 9.18 Å². The number of nitrogens with zero attached hydrogens (tertiary/aromatic N) is 2. The molecule has 2 aromatic heterocycles. The number of thiazole rings is 1. The van der Waals surface area contributed by atoms with Gasteiger partial charge in [0, 0.05) is 11.4 Å². The lowest BCUT2D eigenvalue weighted by atomic mass is 10.3. The molecule has 122 valence electrons. The number of halogens is 1. The van der Waals surface area contributed by atoms with Crippen LogP contribution in [0.5, 0.6) is 5.88 Å². The third-order valence-electron chi connectivity index (χ3n) is 2.94. The summed E-state index contributed by atoms with van der Waals surface area (Å²) in [6.07, 6.45) is -0.693. The van der Waals surface area contributed by atoms with Crippen LogP contribution in [-0.4, -0.2) is 16.1 Å².